The third kappa shape index (κ3) is 4.47. The van der Waals surface area contributed by atoms with Crippen molar-refractivity contribution in [3.8, 4) is 0 Å². The Morgan fingerprint density at radius 1 is 1.60 bits per heavy atom. The highest BCUT2D eigenvalue weighted by atomic mass is 35.5. The van der Waals surface area contributed by atoms with Gasteiger partial charge in [-0.2, -0.15) is 0 Å². The molecule has 3 nitrogen and oxygen atoms in total. The summed E-state index contributed by atoms with van der Waals surface area (Å²) in [6.07, 6.45) is 3.11. The second-order valence-corrected chi connectivity index (χ2v) is 7.54. The van der Waals surface area contributed by atoms with Crippen molar-refractivity contribution in [1.82, 2.24) is 10.2 Å². The van der Waals surface area contributed by atoms with Gasteiger partial charge in [0.1, 0.15) is 0 Å². The van der Waals surface area contributed by atoms with Gasteiger partial charge in [0.25, 0.3) is 0 Å². The molecule has 20 heavy (non-hydrogen) atoms. The van der Waals surface area contributed by atoms with Gasteiger partial charge in [-0.3, -0.25) is 4.79 Å². The number of carbonyl (C=O) groups excluding carboxylic acids is 1. The number of nitrogens with zero attached hydrogens (tertiary/aromatic N) is 1. The van der Waals surface area contributed by atoms with Gasteiger partial charge in [-0.15, -0.1) is 11.3 Å². The van der Waals surface area contributed by atoms with Crippen molar-refractivity contribution in [1.29, 1.82) is 0 Å². The molecule has 0 spiro atoms. The van der Waals surface area contributed by atoms with E-state index < -0.39 is 0 Å². The smallest absolute Gasteiger partial charge is 0.222 e. The number of carbonyl (C=O) groups is 1. The fourth-order valence-corrected chi connectivity index (χ4v) is 3.86. The first kappa shape index (κ1) is 15.8. The van der Waals surface area contributed by atoms with Crippen LogP contribution in [0.3, 0.4) is 0 Å². The van der Waals surface area contributed by atoms with Gasteiger partial charge in [0.15, 0.2) is 0 Å². The van der Waals surface area contributed by atoms with E-state index in [1.54, 1.807) is 11.3 Å². The fourth-order valence-electron chi connectivity index (χ4n) is 2.72. The molecule has 1 aliphatic heterocycles. The summed E-state index contributed by atoms with van der Waals surface area (Å²) in [7, 11) is 1.88. The average molecular weight is 315 g/mol. The molecule has 2 atom stereocenters. The lowest BCUT2D eigenvalue weighted by atomic mass is 9.85. The van der Waals surface area contributed by atoms with E-state index in [4.69, 9.17) is 11.6 Å². The molecule has 2 rings (SSSR count). The minimum Gasteiger partial charge on any atom is -0.341 e. The minimum atomic E-state index is 0.229. The van der Waals surface area contributed by atoms with E-state index in [2.05, 4.69) is 12.2 Å². The molecule has 0 aromatic carbocycles. The number of thiophene rings is 1. The minimum absolute atomic E-state index is 0.229. The maximum absolute atomic E-state index is 12.3. The van der Waals surface area contributed by atoms with E-state index in [9.17, 15) is 4.79 Å². The van der Waals surface area contributed by atoms with Crippen LogP contribution < -0.4 is 5.32 Å². The zero-order valence-electron chi connectivity index (χ0n) is 12.2. The average Bonchev–Trinajstić information content (AvgIpc) is 2.85. The number of hydrogen-bond donors (Lipinski definition) is 1. The molecule has 2 unspecified atom stereocenters. The summed E-state index contributed by atoms with van der Waals surface area (Å²) in [6, 6.07) is 3.88. The molecule has 5 heteroatoms. The van der Waals surface area contributed by atoms with Crippen LogP contribution in [0.25, 0.3) is 0 Å². The van der Waals surface area contributed by atoms with Crippen LogP contribution >= 0.6 is 22.9 Å². The van der Waals surface area contributed by atoms with Gasteiger partial charge in [-0.25, -0.2) is 0 Å². The van der Waals surface area contributed by atoms with E-state index in [-0.39, 0.29) is 5.91 Å². The number of rotatable bonds is 5. The van der Waals surface area contributed by atoms with Crippen LogP contribution in [-0.2, 0) is 11.3 Å². The molecule has 1 saturated heterocycles. The Labute approximate surface area is 130 Å². The molecule has 0 radical (unpaired) electrons. The fraction of sp³-hybridized carbons (Fsp3) is 0.667. The molecule has 1 amide bonds. The van der Waals surface area contributed by atoms with Crippen molar-refractivity contribution in [2.45, 2.75) is 32.7 Å². The zero-order chi connectivity index (χ0) is 14.5. The van der Waals surface area contributed by atoms with Crippen LogP contribution in [0.2, 0.25) is 4.34 Å². The summed E-state index contributed by atoms with van der Waals surface area (Å²) in [4.78, 5) is 15.2. The Morgan fingerprint density at radius 3 is 3.00 bits per heavy atom. The third-order valence-electron chi connectivity index (χ3n) is 4.08. The molecular formula is C15H23ClN2OS. The quantitative estimate of drug-likeness (QED) is 0.903. The summed E-state index contributed by atoms with van der Waals surface area (Å²) in [6.45, 7) is 5.03. The van der Waals surface area contributed by atoms with E-state index >= 15 is 0 Å². The van der Waals surface area contributed by atoms with Crippen molar-refractivity contribution >= 4 is 28.8 Å². The highest BCUT2D eigenvalue weighted by molar-refractivity contribution is 7.16. The second kappa shape index (κ2) is 7.43. The molecule has 0 aliphatic carbocycles. The summed E-state index contributed by atoms with van der Waals surface area (Å²) >= 11 is 7.46. The summed E-state index contributed by atoms with van der Waals surface area (Å²) in [5.74, 6) is 1.31. The van der Waals surface area contributed by atoms with Crippen molar-refractivity contribution in [2.75, 3.05) is 20.1 Å². The molecule has 1 fully saturated rings. The van der Waals surface area contributed by atoms with Gasteiger partial charge in [0.2, 0.25) is 5.91 Å². The molecule has 1 aromatic heterocycles. The van der Waals surface area contributed by atoms with Gasteiger partial charge >= 0.3 is 0 Å². The molecular weight excluding hydrogens is 292 g/mol. The van der Waals surface area contributed by atoms with Crippen LogP contribution in [0.15, 0.2) is 12.1 Å². The van der Waals surface area contributed by atoms with Gasteiger partial charge in [-0.05, 0) is 49.9 Å². The highest BCUT2D eigenvalue weighted by Gasteiger charge is 2.23. The van der Waals surface area contributed by atoms with E-state index in [0.29, 0.717) is 24.8 Å². The van der Waals surface area contributed by atoms with Crippen LogP contribution in [-0.4, -0.2) is 30.9 Å². The number of amides is 1. The van der Waals surface area contributed by atoms with Crippen LogP contribution in [0, 0.1) is 11.8 Å². The Bertz CT molecular complexity index is 443. The maximum Gasteiger partial charge on any atom is 0.222 e. The lowest BCUT2D eigenvalue weighted by Gasteiger charge is -2.29. The Kier molecular flexibility index (Phi) is 5.87. The predicted molar refractivity (Wildman–Crippen MR) is 85.2 cm³/mol. The Balaban J connectivity index is 1.80. The lowest BCUT2D eigenvalue weighted by molar-refractivity contribution is -0.131. The van der Waals surface area contributed by atoms with Crippen molar-refractivity contribution in [3.63, 3.8) is 0 Å². The van der Waals surface area contributed by atoms with Gasteiger partial charge in [0.05, 0.1) is 10.9 Å². The molecule has 112 valence electrons. The van der Waals surface area contributed by atoms with Crippen LogP contribution in [0.4, 0.5) is 0 Å². The highest BCUT2D eigenvalue weighted by Crippen LogP contribution is 2.25. The first-order valence-electron chi connectivity index (χ1n) is 7.25. The molecule has 1 aromatic rings. The topological polar surface area (TPSA) is 32.3 Å². The second-order valence-electron chi connectivity index (χ2n) is 5.74. The van der Waals surface area contributed by atoms with Crippen molar-refractivity contribution < 1.29 is 4.79 Å². The zero-order valence-corrected chi connectivity index (χ0v) is 13.8. The number of halogens is 1. The normalized spacial score (nSPS) is 20.6. The molecule has 2 heterocycles. The Morgan fingerprint density at radius 2 is 2.40 bits per heavy atom. The first-order valence-corrected chi connectivity index (χ1v) is 8.44. The number of piperidine rings is 1. The molecule has 1 aliphatic rings. The molecule has 1 N–H and O–H groups in total. The monoisotopic (exact) mass is 314 g/mol. The third-order valence-corrected chi connectivity index (χ3v) is 5.30. The van der Waals surface area contributed by atoms with Gasteiger partial charge < -0.3 is 10.2 Å². The van der Waals surface area contributed by atoms with E-state index in [0.717, 1.165) is 22.3 Å². The number of nitrogens with one attached hydrogen (secondary N) is 1. The SMILES string of the molecule is CC(CC(=O)N(C)Cc1ccc(Cl)s1)C1CCCNC1. The summed E-state index contributed by atoms with van der Waals surface area (Å²) < 4.78 is 0.780. The molecule has 0 bridgehead atoms. The van der Waals surface area contributed by atoms with E-state index in [1.165, 1.54) is 12.8 Å². The largest absolute Gasteiger partial charge is 0.341 e. The van der Waals surface area contributed by atoms with Gasteiger partial charge in [-0.1, -0.05) is 18.5 Å². The lowest BCUT2D eigenvalue weighted by Crippen LogP contribution is -2.36. The van der Waals surface area contributed by atoms with Crippen molar-refractivity contribution in [3.05, 3.63) is 21.3 Å². The van der Waals surface area contributed by atoms with E-state index in [1.807, 2.05) is 24.1 Å². The Hall–Kier alpha value is -0.580. The molecule has 0 saturated carbocycles. The van der Waals surface area contributed by atoms with Crippen LogP contribution in [0.5, 0.6) is 0 Å². The van der Waals surface area contributed by atoms with Gasteiger partial charge in [0, 0.05) is 18.3 Å². The standard InChI is InChI=1S/C15H23ClN2OS/c1-11(12-4-3-7-17-9-12)8-15(19)18(2)10-13-5-6-14(16)20-13/h5-6,11-12,17H,3-4,7-10H2,1-2H3. The number of hydrogen-bond acceptors (Lipinski definition) is 3. The predicted octanol–water partition coefficient (Wildman–Crippen LogP) is 3.39. The summed E-state index contributed by atoms with van der Waals surface area (Å²) in [5, 5.41) is 3.42. The maximum atomic E-state index is 12.3. The van der Waals surface area contributed by atoms with Crippen molar-refractivity contribution in [2.24, 2.45) is 11.8 Å². The summed E-state index contributed by atoms with van der Waals surface area (Å²) in [5.41, 5.74) is 0. The van der Waals surface area contributed by atoms with Crippen LogP contribution in [0.1, 0.15) is 31.1 Å². The first-order chi connectivity index (χ1) is 9.56.